The number of esters is 1. The number of carbonyl (C=O) groups excluding carboxylic acids is 1. The molecule has 0 aromatic heterocycles. The van der Waals surface area contributed by atoms with E-state index in [-0.39, 0.29) is 11.8 Å². The Morgan fingerprint density at radius 3 is 2.61 bits per heavy atom. The van der Waals surface area contributed by atoms with E-state index in [9.17, 15) is 9.90 Å². The van der Waals surface area contributed by atoms with Crippen molar-refractivity contribution in [2.45, 2.75) is 39.2 Å². The van der Waals surface area contributed by atoms with E-state index in [4.69, 9.17) is 14.2 Å². The highest BCUT2D eigenvalue weighted by Gasteiger charge is 2.44. The molecule has 0 saturated heterocycles. The Morgan fingerprint density at radius 1 is 1.14 bits per heavy atom. The smallest absolute Gasteiger partial charge is 0.317 e. The van der Waals surface area contributed by atoms with Crippen molar-refractivity contribution in [3.63, 3.8) is 0 Å². The molecule has 1 N–H and O–H groups in total. The number of ether oxygens (including phenoxy) is 3. The van der Waals surface area contributed by atoms with Crippen LogP contribution in [-0.4, -0.2) is 30.9 Å². The molecular weight excluding hydrogens is 356 g/mol. The van der Waals surface area contributed by atoms with Crippen LogP contribution in [0.4, 0.5) is 0 Å². The van der Waals surface area contributed by atoms with Gasteiger partial charge < -0.3 is 19.3 Å². The highest BCUT2D eigenvalue weighted by Crippen LogP contribution is 2.46. The Balaban J connectivity index is 2.11. The Kier molecular flexibility index (Phi) is 6.25. The third-order valence-corrected chi connectivity index (χ3v) is 5.14. The predicted molar refractivity (Wildman–Crippen MR) is 107 cm³/mol. The molecule has 5 nitrogen and oxygen atoms in total. The molecule has 150 valence electrons. The van der Waals surface area contributed by atoms with Crippen LogP contribution >= 0.6 is 0 Å². The van der Waals surface area contributed by atoms with Crippen LogP contribution in [0, 0.1) is 11.8 Å². The molecule has 0 radical (unpaired) electrons. The summed E-state index contributed by atoms with van der Waals surface area (Å²) in [5.41, 5.74) is 1.78. The van der Waals surface area contributed by atoms with E-state index in [0.29, 0.717) is 18.1 Å². The number of hydrogen-bond acceptors (Lipinski definition) is 5. The number of hydrogen-bond donors (Lipinski definition) is 1. The predicted octanol–water partition coefficient (Wildman–Crippen LogP) is 4.17. The molecule has 2 aromatic carbocycles. The Labute approximate surface area is 166 Å². The van der Waals surface area contributed by atoms with E-state index >= 15 is 0 Å². The summed E-state index contributed by atoms with van der Waals surface area (Å²) >= 11 is 0. The van der Waals surface area contributed by atoms with E-state index in [1.807, 2.05) is 50.2 Å². The van der Waals surface area contributed by atoms with Gasteiger partial charge >= 0.3 is 5.97 Å². The summed E-state index contributed by atoms with van der Waals surface area (Å²) in [6.07, 6.45) is 0.0880. The fourth-order valence-corrected chi connectivity index (χ4v) is 3.65. The van der Waals surface area contributed by atoms with Crippen LogP contribution in [0.3, 0.4) is 0 Å². The molecule has 0 amide bonds. The molecule has 3 atom stereocenters. The molecule has 1 aliphatic heterocycles. The quantitative estimate of drug-likeness (QED) is 0.573. The van der Waals surface area contributed by atoms with Gasteiger partial charge in [0.2, 0.25) is 0 Å². The number of rotatable bonds is 7. The van der Waals surface area contributed by atoms with Gasteiger partial charge in [0.1, 0.15) is 17.2 Å². The first kappa shape index (κ1) is 20.2. The first-order valence-electron chi connectivity index (χ1n) is 9.76. The fourth-order valence-electron chi connectivity index (χ4n) is 3.65. The van der Waals surface area contributed by atoms with Gasteiger partial charge in [0.05, 0.1) is 25.7 Å². The summed E-state index contributed by atoms with van der Waals surface area (Å²) in [7, 11) is 1.57. The monoisotopic (exact) mass is 384 g/mol. The first-order valence-corrected chi connectivity index (χ1v) is 9.76. The summed E-state index contributed by atoms with van der Waals surface area (Å²) in [6.45, 7) is 6.49. The number of methoxy groups -OCH3 is 1. The molecule has 1 unspecified atom stereocenters. The normalized spacial score (nSPS) is 19.7. The molecule has 1 aliphatic rings. The third kappa shape index (κ3) is 3.99. The number of carbonyl (C=O) groups is 1. The van der Waals surface area contributed by atoms with Crippen molar-refractivity contribution < 1.29 is 24.1 Å². The zero-order valence-electron chi connectivity index (χ0n) is 16.8. The van der Waals surface area contributed by atoms with Gasteiger partial charge in [0.25, 0.3) is 0 Å². The highest BCUT2D eigenvalue weighted by atomic mass is 16.5. The Morgan fingerprint density at radius 2 is 1.93 bits per heavy atom. The molecule has 0 bridgehead atoms. The minimum absolute atomic E-state index is 0.0839. The van der Waals surface area contributed by atoms with Crippen LogP contribution in [0.2, 0.25) is 0 Å². The molecule has 0 saturated carbocycles. The summed E-state index contributed by atoms with van der Waals surface area (Å²) in [5.74, 6) is 0.319. The van der Waals surface area contributed by atoms with Crippen molar-refractivity contribution in [1.82, 2.24) is 0 Å². The van der Waals surface area contributed by atoms with Crippen molar-refractivity contribution in [2.75, 3.05) is 13.7 Å². The van der Waals surface area contributed by atoms with E-state index in [1.165, 1.54) is 0 Å². The van der Waals surface area contributed by atoms with Crippen molar-refractivity contribution in [2.24, 2.45) is 11.8 Å². The van der Waals surface area contributed by atoms with E-state index in [0.717, 1.165) is 23.3 Å². The SMILES string of the molecule is CCCOc1cccc([C@H]2c3ccc(OC)cc3OC(=O)[C@@H]2C(O)C(C)C)c1. The Bertz CT molecular complexity index is 829. The zero-order valence-corrected chi connectivity index (χ0v) is 16.8. The maximum Gasteiger partial charge on any atom is 0.317 e. The molecule has 3 rings (SSSR count). The van der Waals surface area contributed by atoms with Crippen molar-refractivity contribution in [3.8, 4) is 17.2 Å². The van der Waals surface area contributed by atoms with Crippen molar-refractivity contribution in [1.29, 1.82) is 0 Å². The average Bonchev–Trinajstić information content (AvgIpc) is 2.70. The number of aliphatic hydroxyl groups excluding tert-OH is 1. The topological polar surface area (TPSA) is 65.0 Å². The average molecular weight is 384 g/mol. The lowest BCUT2D eigenvalue weighted by atomic mass is 9.74. The maximum atomic E-state index is 12.9. The molecule has 0 fully saturated rings. The van der Waals surface area contributed by atoms with Crippen LogP contribution in [0.5, 0.6) is 17.2 Å². The fraction of sp³-hybridized carbons (Fsp3) is 0.435. The van der Waals surface area contributed by atoms with Crippen LogP contribution in [-0.2, 0) is 4.79 Å². The van der Waals surface area contributed by atoms with E-state index in [2.05, 4.69) is 6.92 Å². The van der Waals surface area contributed by atoms with Crippen LogP contribution < -0.4 is 14.2 Å². The van der Waals surface area contributed by atoms with Gasteiger partial charge in [-0.15, -0.1) is 0 Å². The van der Waals surface area contributed by atoms with Gasteiger partial charge in [-0.05, 0) is 36.1 Å². The summed E-state index contributed by atoms with van der Waals surface area (Å²) < 4.78 is 16.6. The van der Waals surface area contributed by atoms with Crippen molar-refractivity contribution >= 4 is 5.97 Å². The second-order valence-corrected chi connectivity index (χ2v) is 7.48. The molecule has 1 heterocycles. The molecular formula is C23H28O5. The van der Waals surface area contributed by atoms with Gasteiger partial charge in [-0.3, -0.25) is 4.79 Å². The Hall–Kier alpha value is -2.53. The van der Waals surface area contributed by atoms with Crippen LogP contribution in [0.1, 0.15) is 44.2 Å². The second-order valence-electron chi connectivity index (χ2n) is 7.48. The maximum absolute atomic E-state index is 12.9. The zero-order chi connectivity index (χ0) is 20.3. The molecule has 0 spiro atoms. The lowest BCUT2D eigenvalue weighted by Crippen LogP contribution is -2.42. The highest BCUT2D eigenvalue weighted by molar-refractivity contribution is 5.81. The number of aliphatic hydroxyl groups is 1. The summed E-state index contributed by atoms with van der Waals surface area (Å²) in [4.78, 5) is 12.9. The summed E-state index contributed by atoms with van der Waals surface area (Å²) in [6, 6.07) is 13.2. The van der Waals surface area contributed by atoms with E-state index < -0.39 is 18.0 Å². The third-order valence-electron chi connectivity index (χ3n) is 5.14. The van der Waals surface area contributed by atoms with Gasteiger partial charge in [-0.25, -0.2) is 0 Å². The minimum Gasteiger partial charge on any atom is -0.497 e. The standard InChI is InChI=1S/C23H28O5/c1-5-11-27-17-8-6-7-15(12-17)20-18-10-9-16(26-4)13-19(18)28-23(25)21(20)22(24)14(2)3/h6-10,12-14,20-22,24H,5,11H2,1-4H3/t20-,21-,22?/m0/s1. The van der Waals surface area contributed by atoms with E-state index in [1.54, 1.807) is 13.2 Å². The lowest BCUT2D eigenvalue weighted by Gasteiger charge is -2.36. The summed E-state index contributed by atoms with van der Waals surface area (Å²) in [5, 5.41) is 10.8. The minimum atomic E-state index is -0.826. The molecule has 0 aliphatic carbocycles. The van der Waals surface area contributed by atoms with Gasteiger partial charge in [-0.1, -0.05) is 39.0 Å². The second kappa shape index (κ2) is 8.65. The van der Waals surface area contributed by atoms with Gasteiger partial charge in [0, 0.05) is 17.5 Å². The number of benzene rings is 2. The number of fused-ring (bicyclic) bond motifs is 1. The molecule has 2 aromatic rings. The van der Waals surface area contributed by atoms with Crippen LogP contribution in [0.25, 0.3) is 0 Å². The lowest BCUT2D eigenvalue weighted by molar-refractivity contribution is -0.146. The molecule has 5 heteroatoms. The van der Waals surface area contributed by atoms with Crippen LogP contribution in [0.15, 0.2) is 42.5 Å². The van der Waals surface area contributed by atoms with Gasteiger partial charge in [-0.2, -0.15) is 0 Å². The van der Waals surface area contributed by atoms with Crippen molar-refractivity contribution in [3.05, 3.63) is 53.6 Å². The van der Waals surface area contributed by atoms with Gasteiger partial charge in [0.15, 0.2) is 0 Å². The first-order chi connectivity index (χ1) is 13.5. The molecule has 28 heavy (non-hydrogen) atoms. The largest absolute Gasteiger partial charge is 0.497 e.